The lowest BCUT2D eigenvalue weighted by atomic mass is 10.3. The highest BCUT2D eigenvalue weighted by molar-refractivity contribution is 8.00. The highest BCUT2D eigenvalue weighted by Crippen LogP contribution is 2.21. The van der Waals surface area contributed by atoms with Crippen LogP contribution in [0.15, 0.2) is 18.3 Å². The van der Waals surface area contributed by atoms with Crippen LogP contribution in [0, 0.1) is 0 Å². The Labute approximate surface area is 88.9 Å². The maximum atomic E-state index is 4.36. The second-order valence-corrected chi connectivity index (χ2v) is 4.75. The molecule has 4 heteroatoms. The van der Waals surface area contributed by atoms with Gasteiger partial charge < -0.3 is 10.2 Å². The summed E-state index contributed by atoms with van der Waals surface area (Å²) in [4.78, 5) is 6.41. The molecule has 3 nitrogen and oxygen atoms in total. The van der Waals surface area contributed by atoms with Crippen molar-refractivity contribution in [3.63, 3.8) is 0 Å². The standard InChI is InChI=1S/C10H15N3S/c1-13(2)9-3-4-10(11-5-9)12-8-6-14-7-8/h3-5,8H,6-7H2,1-2H3,(H,11,12). The average molecular weight is 209 g/mol. The Morgan fingerprint density at radius 3 is 2.64 bits per heavy atom. The van der Waals surface area contributed by atoms with Gasteiger partial charge in [0.15, 0.2) is 0 Å². The zero-order valence-electron chi connectivity index (χ0n) is 8.53. The minimum atomic E-state index is 0.623. The molecular weight excluding hydrogens is 194 g/mol. The predicted octanol–water partition coefficient (Wildman–Crippen LogP) is 1.67. The lowest BCUT2D eigenvalue weighted by molar-refractivity contribution is 0.872. The van der Waals surface area contributed by atoms with Crippen molar-refractivity contribution in [2.24, 2.45) is 0 Å². The minimum absolute atomic E-state index is 0.623. The smallest absolute Gasteiger partial charge is 0.126 e. The second kappa shape index (κ2) is 4.09. The van der Waals surface area contributed by atoms with Gasteiger partial charge in [-0.1, -0.05) is 0 Å². The van der Waals surface area contributed by atoms with Crippen LogP contribution >= 0.6 is 11.8 Å². The topological polar surface area (TPSA) is 28.2 Å². The molecule has 0 aliphatic carbocycles. The zero-order valence-corrected chi connectivity index (χ0v) is 9.34. The molecule has 0 spiro atoms. The summed E-state index contributed by atoms with van der Waals surface area (Å²) in [5.74, 6) is 3.40. The fraction of sp³-hybridized carbons (Fsp3) is 0.500. The molecular formula is C10H15N3S. The van der Waals surface area contributed by atoms with Gasteiger partial charge in [-0.15, -0.1) is 0 Å². The SMILES string of the molecule is CN(C)c1ccc(NC2CSC2)nc1. The fourth-order valence-corrected chi connectivity index (χ4v) is 1.90. The van der Waals surface area contributed by atoms with Gasteiger partial charge >= 0.3 is 0 Å². The van der Waals surface area contributed by atoms with Crippen molar-refractivity contribution in [3.8, 4) is 0 Å². The molecule has 1 aliphatic heterocycles. The van der Waals surface area contributed by atoms with E-state index >= 15 is 0 Å². The van der Waals surface area contributed by atoms with Crippen LogP contribution in [0.3, 0.4) is 0 Å². The molecule has 0 bridgehead atoms. The van der Waals surface area contributed by atoms with Crippen molar-refractivity contribution in [2.75, 3.05) is 35.8 Å². The van der Waals surface area contributed by atoms with E-state index in [9.17, 15) is 0 Å². The Morgan fingerprint density at radius 2 is 2.21 bits per heavy atom. The van der Waals surface area contributed by atoms with Crippen LogP contribution in [0.4, 0.5) is 11.5 Å². The summed E-state index contributed by atoms with van der Waals surface area (Å²) in [6, 6.07) is 4.75. The number of nitrogens with zero attached hydrogens (tertiary/aromatic N) is 2. The normalized spacial score (nSPS) is 16.1. The van der Waals surface area contributed by atoms with Gasteiger partial charge in [0.25, 0.3) is 0 Å². The first kappa shape index (κ1) is 9.65. The second-order valence-electron chi connectivity index (χ2n) is 3.67. The highest BCUT2D eigenvalue weighted by atomic mass is 32.2. The molecule has 0 radical (unpaired) electrons. The van der Waals surface area contributed by atoms with Crippen molar-refractivity contribution in [2.45, 2.75) is 6.04 Å². The molecule has 0 unspecified atom stereocenters. The largest absolute Gasteiger partial charge is 0.376 e. The molecule has 2 heterocycles. The monoisotopic (exact) mass is 209 g/mol. The van der Waals surface area contributed by atoms with Crippen LogP contribution < -0.4 is 10.2 Å². The van der Waals surface area contributed by atoms with Crippen LogP contribution in [0.25, 0.3) is 0 Å². The van der Waals surface area contributed by atoms with Crippen molar-refractivity contribution in [1.29, 1.82) is 0 Å². The van der Waals surface area contributed by atoms with Crippen LogP contribution in [0.5, 0.6) is 0 Å². The molecule has 0 amide bonds. The Balaban J connectivity index is 1.98. The van der Waals surface area contributed by atoms with Crippen LogP contribution in [-0.2, 0) is 0 Å². The summed E-state index contributed by atoms with van der Waals surface area (Å²) >= 11 is 1.97. The summed E-state index contributed by atoms with van der Waals surface area (Å²) in [6.07, 6.45) is 1.90. The molecule has 14 heavy (non-hydrogen) atoms. The summed E-state index contributed by atoms with van der Waals surface area (Å²) in [5, 5.41) is 3.39. The molecule has 1 aromatic heterocycles. The molecule has 1 aliphatic rings. The van der Waals surface area contributed by atoms with E-state index in [-0.39, 0.29) is 0 Å². The van der Waals surface area contributed by atoms with E-state index in [0.29, 0.717) is 6.04 Å². The first-order valence-electron chi connectivity index (χ1n) is 4.73. The first-order valence-corrected chi connectivity index (χ1v) is 5.89. The molecule has 1 N–H and O–H groups in total. The van der Waals surface area contributed by atoms with Crippen molar-refractivity contribution in [1.82, 2.24) is 4.98 Å². The zero-order chi connectivity index (χ0) is 9.97. The quantitative estimate of drug-likeness (QED) is 0.819. The minimum Gasteiger partial charge on any atom is -0.376 e. The summed E-state index contributed by atoms with van der Waals surface area (Å²) in [7, 11) is 4.04. The predicted molar refractivity (Wildman–Crippen MR) is 63.3 cm³/mol. The Kier molecular flexibility index (Phi) is 2.82. The maximum Gasteiger partial charge on any atom is 0.126 e. The van der Waals surface area contributed by atoms with Gasteiger partial charge in [-0.2, -0.15) is 11.8 Å². The summed E-state index contributed by atoms with van der Waals surface area (Å²) in [5.41, 5.74) is 1.14. The van der Waals surface area contributed by atoms with Gasteiger partial charge in [0.05, 0.1) is 11.9 Å². The van der Waals surface area contributed by atoms with Gasteiger partial charge in [0.2, 0.25) is 0 Å². The van der Waals surface area contributed by atoms with Gasteiger partial charge in [-0.25, -0.2) is 4.98 Å². The molecule has 1 saturated heterocycles. The summed E-state index contributed by atoms with van der Waals surface area (Å²) < 4.78 is 0. The van der Waals surface area contributed by atoms with Crippen molar-refractivity contribution >= 4 is 23.3 Å². The molecule has 0 saturated carbocycles. The highest BCUT2D eigenvalue weighted by Gasteiger charge is 2.17. The first-order chi connectivity index (χ1) is 6.75. The van der Waals surface area contributed by atoms with Crippen LogP contribution in [-0.4, -0.2) is 36.6 Å². The molecule has 0 atom stereocenters. The van der Waals surface area contributed by atoms with E-state index < -0.39 is 0 Å². The third-order valence-electron chi connectivity index (χ3n) is 2.25. The Morgan fingerprint density at radius 1 is 1.43 bits per heavy atom. The maximum absolute atomic E-state index is 4.36. The Bertz CT molecular complexity index is 293. The van der Waals surface area contributed by atoms with E-state index in [1.165, 1.54) is 11.5 Å². The van der Waals surface area contributed by atoms with E-state index in [2.05, 4.69) is 21.3 Å². The third kappa shape index (κ3) is 2.12. The summed E-state index contributed by atoms with van der Waals surface area (Å²) in [6.45, 7) is 0. The van der Waals surface area contributed by atoms with E-state index in [4.69, 9.17) is 0 Å². The fourth-order valence-electron chi connectivity index (χ4n) is 1.26. The lowest BCUT2D eigenvalue weighted by Gasteiger charge is -2.26. The lowest BCUT2D eigenvalue weighted by Crippen LogP contribution is -2.33. The number of hydrogen-bond donors (Lipinski definition) is 1. The molecule has 0 aromatic carbocycles. The van der Waals surface area contributed by atoms with Crippen molar-refractivity contribution < 1.29 is 0 Å². The van der Waals surface area contributed by atoms with Crippen LogP contribution in [0.2, 0.25) is 0 Å². The van der Waals surface area contributed by atoms with Gasteiger partial charge in [0.1, 0.15) is 5.82 Å². The Hall–Kier alpha value is -0.900. The number of hydrogen-bond acceptors (Lipinski definition) is 4. The van der Waals surface area contributed by atoms with Gasteiger partial charge in [-0.05, 0) is 12.1 Å². The van der Waals surface area contributed by atoms with E-state index in [1.54, 1.807) is 0 Å². The number of anilines is 2. The van der Waals surface area contributed by atoms with Gasteiger partial charge in [0, 0.05) is 31.6 Å². The molecule has 2 rings (SSSR count). The molecule has 1 fully saturated rings. The van der Waals surface area contributed by atoms with Gasteiger partial charge in [-0.3, -0.25) is 0 Å². The number of rotatable bonds is 3. The van der Waals surface area contributed by atoms with E-state index in [1.807, 2.05) is 38.1 Å². The van der Waals surface area contributed by atoms with E-state index in [0.717, 1.165) is 11.5 Å². The van der Waals surface area contributed by atoms with Crippen molar-refractivity contribution in [3.05, 3.63) is 18.3 Å². The van der Waals surface area contributed by atoms with Crippen LogP contribution in [0.1, 0.15) is 0 Å². The number of thioether (sulfide) groups is 1. The molecule has 1 aromatic rings. The average Bonchev–Trinajstić information content (AvgIpc) is 2.12. The number of pyridine rings is 1. The third-order valence-corrected chi connectivity index (χ3v) is 3.53. The number of nitrogens with one attached hydrogen (secondary N) is 1. The number of aromatic nitrogens is 1. The molecule has 76 valence electrons.